The van der Waals surface area contributed by atoms with Crippen molar-refractivity contribution >= 4 is 12.6 Å². The van der Waals surface area contributed by atoms with Crippen molar-refractivity contribution in [3.05, 3.63) is 54.6 Å². The molecule has 2 aromatic carbocycles. The summed E-state index contributed by atoms with van der Waals surface area (Å²) in [4.78, 5) is 0.824. The molecule has 15 heavy (non-hydrogen) atoms. The first-order chi connectivity index (χ1) is 6.84. The molecule has 0 N–H and O–H groups in total. The van der Waals surface area contributed by atoms with Gasteiger partial charge in [0.15, 0.2) is 0 Å². The number of para-hydroxylation sites is 1. The van der Waals surface area contributed by atoms with Gasteiger partial charge in [0, 0.05) is 0 Å². The summed E-state index contributed by atoms with van der Waals surface area (Å²) < 4.78 is 5.59. The third-order valence-corrected chi connectivity index (χ3v) is 2.07. The van der Waals surface area contributed by atoms with Gasteiger partial charge in [-0.3, -0.25) is 0 Å². The van der Waals surface area contributed by atoms with E-state index in [2.05, 4.69) is 0 Å². The Labute approximate surface area is 117 Å². The van der Waals surface area contributed by atoms with Crippen molar-refractivity contribution in [2.45, 2.75) is 4.90 Å². The van der Waals surface area contributed by atoms with Gasteiger partial charge in [0.1, 0.15) is 11.5 Å². The smallest absolute Gasteiger partial charge is 0.780 e. The van der Waals surface area contributed by atoms with E-state index in [4.69, 9.17) is 17.4 Å². The van der Waals surface area contributed by atoms with Gasteiger partial charge in [0.2, 0.25) is 0 Å². The Balaban J connectivity index is 0.00000112. The van der Waals surface area contributed by atoms with Gasteiger partial charge < -0.3 is 17.4 Å². The van der Waals surface area contributed by atoms with E-state index in [1.165, 1.54) is 0 Å². The molecule has 0 saturated carbocycles. The van der Waals surface area contributed by atoms with Crippen LogP contribution < -0.4 is 34.3 Å². The van der Waals surface area contributed by atoms with Crippen LogP contribution in [0.15, 0.2) is 59.5 Å². The minimum Gasteiger partial charge on any atom is -0.780 e. The van der Waals surface area contributed by atoms with Crippen LogP contribution in [0.4, 0.5) is 0 Å². The zero-order valence-corrected chi connectivity index (χ0v) is 11.3. The zero-order chi connectivity index (χ0) is 9.80. The molecule has 0 unspecified atom stereocenters. The van der Waals surface area contributed by atoms with Crippen LogP contribution in [0.5, 0.6) is 11.5 Å². The minimum absolute atomic E-state index is 0. The molecule has 3 heteroatoms. The average molecular weight is 224 g/mol. The molecule has 0 aliphatic rings. The fraction of sp³-hybridized carbons (Fsp3) is 0. The van der Waals surface area contributed by atoms with Gasteiger partial charge in [0.05, 0.1) is 0 Å². The Kier molecular flexibility index (Phi) is 5.12. The van der Waals surface area contributed by atoms with Gasteiger partial charge >= 0.3 is 29.6 Å². The maximum atomic E-state index is 5.59. The molecule has 0 spiro atoms. The third kappa shape index (κ3) is 3.84. The molecule has 0 amide bonds. The zero-order valence-electron chi connectivity index (χ0n) is 8.51. The van der Waals surface area contributed by atoms with Gasteiger partial charge in [-0.2, -0.15) is 4.90 Å². The largest absolute Gasteiger partial charge is 1.00 e. The van der Waals surface area contributed by atoms with Gasteiger partial charge in [-0.05, 0) is 24.3 Å². The Hall–Kier alpha value is -0.540. The SMILES string of the molecule is [Na+].[S-]c1ccc(Oc2ccccc2)cc1. The topological polar surface area (TPSA) is 9.23 Å². The van der Waals surface area contributed by atoms with Crippen molar-refractivity contribution in [2.75, 3.05) is 0 Å². The quantitative estimate of drug-likeness (QED) is 0.539. The molecule has 2 rings (SSSR count). The molecule has 0 heterocycles. The molecule has 70 valence electrons. The second kappa shape index (κ2) is 6.13. The van der Waals surface area contributed by atoms with E-state index >= 15 is 0 Å². The Morgan fingerprint density at radius 3 is 1.87 bits per heavy atom. The first kappa shape index (κ1) is 12.5. The summed E-state index contributed by atoms with van der Waals surface area (Å²) in [6, 6.07) is 17.1. The first-order valence-electron chi connectivity index (χ1n) is 4.34. The maximum Gasteiger partial charge on any atom is 1.00 e. The van der Waals surface area contributed by atoms with Crippen LogP contribution in [0, 0.1) is 0 Å². The minimum atomic E-state index is 0. The molecule has 0 saturated heterocycles. The first-order valence-corrected chi connectivity index (χ1v) is 4.75. The average Bonchev–Trinajstić information content (AvgIpc) is 2.23. The van der Waals surface area contributed by atoms with E-state index < -0.39 is 0 Å². The van der Waals surface area contributed by atoms with Gasteiger partial charge in [-0.25, -0.2) is 0 Å². The fourth-order valence-electron chi connectivity index (χ4n) is 1.13. The number of hydrogen-bond acceptors (Lipinski definition) is 2. The Morgan fingerprint density at radius 2 is 1.27 bits per heavy atom. The van der Waals surface area contributed by atoms with E-state index in [1.54, 1.807) is 0 Å². The molecule has 0 aliphatic carbocycles. The summed E-state index contributed by atoms with van der Waals surface area (Å²) in [5, 5.41) is 0. The van der Waals surface area contributed by atoms with Crippen LogP contribution in [0.3, 0.4) is 0 Å². The molecule has 0 fully saturated rings. The van der Waals surface area contributed by atoms with Gasteiger partial charge in [-0.1, -0.05) is 30.3 Å². The van der Waals surface area contributed by atoms with E-state index in [1.807, 2.05) is 54.6 Å². The molecule has 0 aromatic heterocycles. The van der Waals surface area contributed by atoms with Crippen LogP contribution >= 0.6 is 0 Å². The molecule has 2 aromatic rings. The van der Waals surface area contributed by atoms with Crippen molar-refractivity contribution in [2.24, 2.45) is 0 Å². The predicted molar refractivity (Wildman–Crippen MR) is 58.6 cm³/mol. The van der Waals surface area contributed by atoms with Gasteiger partial charge in [-0.15, -0.1) is 0 Å². The Bertz CT molecular complexity index is 400. The second-order valence-corrected chi connectivity index (χ2v) is 3.36. The van der Waals surface area contributed by atoms with Crippen LogP contribution in [0.2, 0.25) is 0 Å². The molecule has 0 aliphatic heterocycles. The van der Waals surface area contributed by atoms with Crippen molar-refractivity contribution < 1.29 is 34.3 Å². The van der Waals surface area contributed by atoms with Crippen LogP contribution in [-0.2, 0) is 12.6 Å². The summed E-state index contributed by atoms with van der Waals surface area (Å²) in [6.07, 6.45) is 0. The van der Waals surface area contributed by atoms with E-state index in [0.717, 1.165) is 16.4 Å². The molecular weight excluding hydrogens is 215 g/mol. The summed E-state index contributed by atoms with van der Waals surface area (Å²) in [6.45, 7) is 0. The van der Waals surface area contributed by atoms with Crippen LogP contribution in [0.25, 0.3) is 0 Å². The summed E-state index contributed by atoms with van der Waals surface area (Å²) in [5.74, 6) is 1.65. The fourth-order valence-corrected chi connectivity index (χ4v) is 1.27. The van der Waals surface area contributed by atoms with E-state index in [0.29, 0.717) is 0 Å². The van der Waals surface area contributed by atoms with Crippen LogP contribution in [-0.4, -0.2) is 0 Å². The monoisotopic (exact) mass is 224 g/mol. The number of benzene rings is 2. The summed E-state index contributed by atoms with van der Waals surface area (Å²) >= 11 is 4.98. The summed E-state index contributed by atoms with van der Waals surface area (Å²) in [7, 11) is 0. The molecular formula is C12H9NaOS. The van der Waals surface area contributed by atoms with Crippen molar-refractivity contribution in [1.29, 1.82) is 0 Å². The summed E-state index contributed by atoms with van der Waals surface area (Å²) in [5.41, 5.74) is 0. The third-order valence-electron chi connectivity index (χ3n) is 1.80. The molecule has 0 atom stereocenters. The van der Waals surface area contributed by atoms with Crippen molar-refractivity contribution in [1.82, 2.24) is 0 Å². The normalized spacial score (nSPS) is 9.07. The number of hydrogen-bond donors (Lipinski definition) is 0. The maximum absolute atomic E-state index is 5.59. The molecule has 1 nitrogen and oxygen atoms in total. The van der Waals surface area contributed by atoms with Gasteiger partial charge in [0.25, 0.3) is 0 Å². The Morgan fingerprint density at radius 1 is 0.733 bits per heavy atom. The van der Waals surface area contributed by atoms with E-state index in [-0.39, 0.29) is 29.6 Å². The second-order valence-electron chi connectivity index (χ2n) is 2.89. The molecule has 0 bridgehead atoms. The standard InChI is InChI=1S/C12H10OS.Na/c14-12-8-6-11(7-9-12)13-10-4-2-1-3-5-10;/h1-9,14H;/q;+1/p-1. The van der Waals surface area contributed by atoms with Crippen molar-refractivity contribution in [3.8, 4) is 11.5 Å². The van der Waals surface area contributed by atoms with Crippen LogP contribution in [0.1, 0.15) is 0 Å². The predicted octanol–water partition coefficient (Wildman–Crippen LogP) is 0.389. The van der Waals surface area contributed by atoms with Crippen molar-refractivity contribution in [3.63, 3.8) is 0 Å². The number of rotatable bonds is 2. The van der Waals surface area contributed by atoms with E-state index in [9.17, 15) is 0 Å². The molecule has 0 radical (unpaired) electrons. The number of ether oxygens (including phenoxy) is 1.